The first-order chi connectivity index (χ1) is 6.81. The summed E-state index contributed by atoms with van der Waals surface area (Å²) in [6, 6.07) is 0. The second-order valence-corrected chi connectivity index (χ2v) is 5.75. The van der Waals surface area contributed by atoms with Crippen molar-refractivity contribution < 1.29 is 13.2 Å². The highest BCUT2D eigenvalue weighted by Gasteiger charge is 2.33. The average molecular weight is 241 g/mol. The van der Waals surface area contributed by atoms with Crippen LogP contribution >= 0.6 is 11.8 Å². The van der Waals surface area contributed by atoms with Crippen LogP contribution in [-0.4, -0.2) is 16.8 Å². The minimum absolute atomic E-state index is 0.0466. The van der Waals surface area contributed by atoms with E-state index in [1.54, 1.807) is 0 Å². The smallest absolute Gasteiger partial charge is 0.325 e. The van der Waals surface area contributed by atoms with Gasteiger partial charge in [0.1, 0.15) is 0 Å². The van der Waals surface area contributed by atoms with E-state index in [0.29, 0.717) is 12.3 Å². The predicted molar refractivity (Wildman–Crippen MR) is 57.7 cm³/mol. The third-order valence-corrected chi connectivity index (χ3v) is 3.87. The van der Waals surface area contributed by atoms with Gasteiger partial charge in [-0.1, -0.05) is 18.7 Å². The molecule has 5 heteroatoms. The predicted octanol–water partition coefficient (Wildman–Crippen LogP) is 3.54. The van der Waals surface area contributed by atoms with Crippen molar-refractivity contribution >= 4 is 11.8 Å². The van der Waals surface area contributed by atoms with Crippen molar-refractivity contribution in [2.75, 3.05) is 5.75 Å². The number of thioether (sulfide) groups is 1. The summed E-state index contributed by atoms with van der Waals surface area (Å²) in [7, 11) is 0. The standard InChI is InChI=1S/C10H18F3NS/c1-8-2-4-9(14,5-3-8)6-7-15-10(11,12)13/h8H,2-7,14H2,1H3. The zero-order chi connectivity index (χ0) is 11.5. The summed E-state index contributed by atoms with van der Waals surface area (Å²) >= 11 is 0.0466. The Balaban J connectivity index is 2.25. The molecule has 0 radical (unpaired) electrons. The molecule has 90 valence electrons. The van der Waals surface area contributed by atoms with Crippen molar-refractivity contribution in [3.8, 4) is 0 Å². The molecule has 0 aliphatic heterocycles. The lowest BCUT2D eigenvalue weighted by Gasteiger charge is -2.36. The van der Waals surface area contributed by atoms with Gasteiger partial charge in [0, 0.05) is 11.3 Å². The van der Waals surface area contributed by atoms with Crippen LogP contribution < -0.4 is 5.73 Å². The van der Waals surface area contributed by atoms with E-state index in [2.05, 4.69) is 6.92 Å². The maximum absolute atomic E-state index is 11.9. The molecule has 1 aliphatic carbocycles. The van der Waals surface area contributed by atoms with Gasteiger partial charge in [0.2, 0.25) is 0 Å². The summed E-state index contributed by atoms with van der Waals surface area (Å²) in [5.41, 5.74) is 1.61. The highest BCUT2D eigenvalue weighted by molar-refractivity contribution is 8.00. The fraction of sp³-hybridized carbons (Fsp3) is 1.00. The topological polar surface area (TPSA) is 26.0 Å². The van der Waals surface area contributed by atoms with E-state index in [4.69, 9.17) is 5.73 Å². The van der Waals surface area contributed by atoms with Gasteiger partial charge in [-0.3, -0.25) is 0 Å². The Bertz CT molecular complexity index is 197. The number of hydrogen-bond donors (Lipinski definition) is 1. The first-order valence-corrected chi connectivity index (χ1v) is 6.29. The van der Waals surface area contributed by atoms with E-state index in [0.717, 1.165) is 25.7 Å². The zero-order valence-electron chi connectivity index (χ0n) is 8.94. The van der Waals surface area contributed by atoms with Crippen molar-refractivity contribution in [3.63, 3.8) is 0 Å². The maximum Gasteiger partial charge on any atom is 0.441 e. The molecule has 1 rings (SSSR count). The molecular weight excluding hydrogens is 223 g/mol. The molecular formula is C10H18F3NS. The minimum atomic E-state index is -4.11. The Hall–Kier alpha value is 0.100. The summed E-state index contributed by atoms with van der Waals surface area (Å²) < 4.78 is 35.8. The van der Waals surface area contributed by atoms with Gasteiger partial charge in [0.15, 0.2) is 0 Å². The minimum Gasteiger partial charge on any atom is -0.325 e. The van der Waals surface area contributed by atoms with Crippen LogP contribution in [-0.2, 0) is 0 Å². The van der Waals surface area contributed by atoms with Crippen molar-refractivity contribution in [3.05, 3.63) is 0 Å². The first kappa shape index (κ1) is 13.2. The highest BCUT2D eigenvalue weighted by atomic mass is 32.2. The van der Waals surface area contributed by atoms with E-state index in [1.165, 1.54) is 0 Å². The number of hydrogen-bond acceptors (Lipinski definition) is 2. The van der Waals surface area contributed by atoms with Crippen LogP contribution in [0.2, 0.25) is 0 Å². The molecule has 0 bridgehead atoms. The van der Waals surface area contributed by atoms with Crippen LogP contribution in [0.1, 0.15) is 39.0 Å². The number of nitrogens with two attached hydrogens (primary N) is 1. The highest BCUT2D eigenvalue weighted by Crippen LogP contribution is 2.36. The molecule has 0 atom stereocenters. The van der Waals surface area contributed by atoms with E-state index in [1.807, 2.05) is 0 Å². The lowest BCUT2D eigenvalue weighted by molar-refractivity contribution is -0.0328. The largest absolute Gasteiger partial charge is 0.441 e. The number of alkyl halides is 3. The van der Waals surface area contributed by atoms with Crippen LogP contribution in [0, 0.1) is 5.92 Å². The molecule has 1 fully saturated rings. The Morgan fingerprint density at radius 1 is 1.33 bits per heavy atom. The normalized spacial score (nSPS) is 33.0. The molecule has 0 aromatic carbocycles. The molecule has 0 aromatic rings. The Kier molecular flexibility index (Phi) is 4.35. The van der Waals surface area contributed by atoms with E-state index in [-0.39, 0.29) is 23.1 Å². The number of rotatable bonds is 3. The summed E-state index contributed by atoms with van der Waals surface area (Å²) in [6.45, 7) is 2.17. The van der Waals surface area contributed by atoms with E-state index in [9.17, 15) is 13.2 Å². The van der Waals surface area contributed by atoms with Crippen LogP contribution in [0.25, 0.3) is 0 Å². The first-order valence-electron chi connectivity index (χ1n) is 5.30. The number of halogens is 3. The summed E-state index contributed by atoms with van der Waals surface area (Å²) in [4.78, 5) is 0. The molecule has 15 heavy (non-hydrogen) atoms. The van der Waals surface area contributed by atoms with Crippen LogP contribution in [0.4, 0.5) is 13.2 Å². The van der Waals surface area contributed by atoms with Gasteiger partial charge in [-0.05, 0) is 38.0 Å². The van der Waals surface area contributed by atoms with E-state index < -0.39 is 5.51 Å². The van der Waals surface area contributed by atoms with Gasteiger partial charge in [0.05, 0.1) is 0 Å². The van der Waals surface area contributed by atoms with Gasteiger partial charge in [-0.2, -0.15) is 13.2 Å². The molecule has 1 nitrogen and oxygen atoms in total. The molecule has 0 aromatic heterocycles. The lowest BCUT2D eigenvalue weighted by Crippen LogP contribution is -2.43. The molecule has 0 amide bonds. The fourth-order valence-electron chi connectivity index (χ4n) is 1.96. The molecule has 1 saturated carbocycles. The average Bonchev–Trinajstić information content (AvgIpc) is 2.09. The second kappa shape index (κ2) is 4.95. The monoisotopic (exact) mass is 241 g/mol. The Labute approximate surface area is 93.0 Å². The summed E-state index contributed by atoms with van der Waals surface area (Å²) in [6.07, 6.45) is 4.31. The van der Waals surface area contributed by atoms with Gasteiger partial charge in [0.25, 0.3) is 0 Å². The Morgan fingerprint density at radius 2 is 1.87 bits per heavy atom. The van der Waals surface area contributed by atoms with Crippen molar-refractivity contribution in [2.24, 2.45) is 11.7 Å². The van der Waals surface area contributed by atoms with Gasteiger partial charge < -0.3 is 5.73 Å². The van der Waals surface area contributed by atoms with Crippen molar-refractivity contribution in [1.82, 2.24) is 0 Å². The van der Waals surface area contributed by atoms with Crippen LogP contribution in [0.15, 0.2) is 0 Å². The summed E-state index contributed by atoms with van der Waals surface area (Å²) in [5.74, 6) is 0.769. The molecule has 0 spiro atoms. The SMILES string of the molecule is CC1CCC(N)(CCSC(F)(F)F)CC1. The molecule has 0 unspecified atom stereocenters. The van der Waals surface area contributed by atoms with Gasteiger partial charge >= 0.3 is 5.51 Å². The molecule has 1 aliphatic rings. The van der Waals surface area contributed by atoms with Crippen LogP contribution in [0.5, 0.6) is 0 Å². The molecule has 0 heterocycles. The maximum atomic E-state index is 11.9. The van der Waals surface area contributed by atoms with Gasteiger partial charge in [-0.25, -0.2) is 0 Å². The Morgan fingerprint density at radius 3 is 2.33 bits per heavy atom. The zero-order valence-corrected chi connectivity index (χ0v) is 9.76. The van der Waals surface area contributed by atoms with Crippen molar-refractivity contribution in [1.29, 1.82) is 0 Å². The fourth-order valence-corrected chi connectivity index (χ4v) is 2.70. The second-order valence-electron chi connectivity index (χ2n) is 4.59. The van der Waals surface area contributed by atoms with E-state index >= 15 is 0 Å². The third kappa shape index (κ3) is 5.11. The molecule has 0 saturated heterocycles. The molecule has 2 N–H and O–H groups in total. The van der Waals surface area contributed by atoms with Crippen molar-refractivity contribution in [2.45, 2.75) is 50.1 Å². The van der Waals surface area contributed by atoms with Crippen LogP contribution in [0.3, 0.4) is 0 Å². The summed E-state index contributed by atoms with van der Waals surface area (Å²) in [5, 5.41) is 0. The quantitative estimate of drug-likeness (QED) is 0.818. The van der Waals surface area contributed by atoms with Gasteiger partial charge in [-0.15, -0.1) is 0 Å². The lowest BCUT2D eigenvalue weighted by atomic mass is 9.76. The third-order valence-electron chi connectivity index (χ3n) is 3.14.